The van der Waals surface area contributed by atoms with E-state index in [1.807, 2.05) is 0 Å². The number of nitrogens with zero attached hydrogens (tertiary/aromatic N) is 2. The topological polar surface area (TPSA) is 6.48 Å². The van der Waals surface area contributed by atoms with Crippen LogP contribution in [0.2, 0.25) is 0 Å². The van der Waals surface area contributed by atoms with Gasteiger partial charge in [-0.05, 0) is 89.4 Å². The molecule has 0 spiro atoms. The molecule has 2 nitrogen and oxygen atoms in total. The predicted molar refractivity (Wildman–Crippen MR) is 151 cm³/mol. The van der Waals surface area contributed by atoms with Crippen molar-refractivity contribution in [2.24, 2.45) is 11.8 Å². The molecule has 0 radical (unpaired) electrons. The molecule has 3 aliphatic rings. The lowest BCUT2D eigenvalue weighted by Gasteiger charge is -2.33. The van der Waals surface area contributed by atoms with E-state index in [2.05, 4.69) is 9.80 Å². The van der Waals surface area contributed by atoms with Crippen LogP contribution in [0.4, 0.5) is 0 Å². The van der Waals surface area contributed by atoms with E-state index in [1.54, 1.807) is 0 Å². The highest BCUT2D eigenvalue weighted by molar-refractivity contribution is 4.74. The molecule has 3 rings (SSSR count). The smallest absolute Gasteiger partial charge is 0.000966 e. The third kappa shape index (κ3) is 13.3. The van der Waals surface area contributed by atoms with Crippen LogP contribution in [0.5, 0.6) is 0 Å². The van der Waals surface area contributed by atoms with Crippen LogP contribution in [0.1, 0.15) is 154 Å². The minimum Gasteiger partial charge on any atom is -0.303 e. The second-order valence-corrected chi connectivity index (χ2v) is 12.6. The van der Waals surface area contributed by atoms with E-state index < -0.39 is 0 Å². The Morgan fingerprint density at radius 1 is 0.265 bits per heavy atom. The van der Waals surface area contributed by atoms with Gasteiger partial charge in [0, 0.05) is 13.1 Å². The zero-order valence-electron chi connectivity index (χ0n) is 23.3. The Bertz CT molecular complexity index is 422. The highest BCUT2D eigenvalue weighted by Gasteiger charge is 2.20. The standard InChI is InChI=1S/C32H62N2/c1-2-5-9-13-17-25-33-27-20-24-32(30-33)22-16-12-8-4-6-10-14-18-26-34-28-19-23-31(29-34)21-15-11-7-3-1/h31-32H,1-30H2. The monoisotopic (exact) mass is 474 g/mol. The summed E-state index contributed by atoms with van der Waals surface area (Å²) in [6.45, 7) is 8.37. The molecule has 3 aliphatic heterocycles. The fraction of sp³-hybridized carbons (Fsp3) is 1.00. The van der Waals surface area contributed by atoms with Crippen molar-refractivity contribution in [3.63, 3.8) is 0 Å². The molecule has 4 unspecified atom stereocenters. The number of hydrogen-bond donors (Lipinski definition) is 0. The Morgan fingerprint density at radius 3 is 0.912 bits per heavy atom. The minimum absolute atomic E-state index is 1.01. The molecule has 3 saturated heterocycles. The van der Waals surface area contributed by atoms with Crippen molar-refractivity contribution in [3.05, 3.63) is 0 Å². The van der Waals surface area contributed by atoms with Crippen LogP contribution >= 0.6 is 0 Å². The summed E-state index contributed by atoms with van der Waals surface area (Å²) in [5.74, 6) is 2.02. The summed E-state index contributed by atoms with van der Waals surface area (Å²) < 4.78 is 0. The largest absolute Gasteiger partial charge is 0.303 e. The fourth-order valence-electron chi connectivity index (χ4n) is 7.19. The zero-order valence-corrected chi connectivity index (χ0v) is 23.3. The lowest BCUT2D eigenvalue weighted by molar-refractivity contribution is 0.163. The molecule has 0 N–H and O–H groups in total. The summed E-state index contributed by atoms with van der Waals surface area (Å²) >= 11 is 0. The van der Waals surface area contributed by atoms with Crippen LogP contribution < -0.4 is 0 Å². The lowest BCUT2D eigenvalue weighted by Crippen LogP contribution is -2.36. The number of piperidine rings is 2. The van der Waals surface area contributed by atoms with E-state index >= 15 is 0 Å². The number of fused-ring (bicyclic) bond motifs is 4. The van der Waals surface area contributed by atoms with Crippen LogP contribution in [-0.2, 0) is 0 Å². The molecule has 0 aromatic carbocycles. The number of rotatable bonds is 0. The van der Waals surface area contributed by atoms with Gasteiger partial charge in [-0.2, -0.15) is 0 Å². The van der Waals surface area contributed by atoms with Crippen molar-refractivity contribution in [1.82, 2.24) is 9.80 Å². The van der Waals surface area contributed by atoms with Crippen LogP contribution in [0.3, 0.4) is 0 Å². The van der Waals surface area contributed by atoms with Crippen LogP contribution in [-0.4, -0.2) is 49.1 Å². The van der Waals surface area contributed by atoms with Crippen molar-refractivity contribution in [1.29, 1.82) is 0 Å². The van der Waals surface area contributed by atoms with Crippen molar-refractivity contribution < 1.29 is 0 Å². The maximum atomic E-state index is 2.81. The molecule has 0 aromatic rings. The van der Waals surface area contributed by atoms with Gasteiger partial charge < -0.3 is 9.80 Å². The lowest BCUT2D eigenvalue weighted by atomic mass is 9.91. The molecular formula is C32H62N2. The van der Waals surface area contributed by atoms with Gasteiger partial charge in [-0.15, -0.1) is 0 Å². The number of hydrogen-bond acceptors (Lipinski definition) is 2. The summed E-state index contributed by atoms with van der Waals surface area (Å²) in [5.41, 5.74) is 0. The molecule has 4 atom stereocenters. The SMILES string of the molecule is C1CCCCCCN2CCCC(CCCCCCCCCCN3CCCC(CCCCC1)C3)C2. The van der Waals surface area contributed by atoms with Gasteiger partial charge >= 0.3 is 0 Å². The summed E-state index contributed by atoms with van der Waals surface area (Å²) in [4.78, 5) is 5.63. The average molecular weight is 475 g/mol. The van der Waals surface area contributed by atoms with Gasteiger partial charge in [0.05, 0.1) is 0 Å². The van der Waals surface area contributed by atoms with Crippen LogP contribution in [0.15, 0.2) is 0 Å². The van der Waals surface area contributed by atoms with Gasteiger partial charge in [-0.25, -0.2) is 0 Å². The van der Waals surface area contributed by atoms with Gasteiger partial charge in [0.2, 0.25) is 0 Å². The predicted octanol–water partition coefficient (Wildman–Crippen LogP) is 9.23. The van der Waals surface area contributed by atoms with E-state index in [1.165, 1.54) is 193 Å². The molecule has 0 saturated carbocycles. The fourth-order valence-corrected chi connectivity index (χ4v) is 7.19. The molecule has 34 heavy (non-hydrogen) atoms. The van der Waals surface area contributed by atoms with Gasteiger partial charge in [0.25, 0.3) is 0 Å². The third-order valence-electron chi connectivity index (χ3n) is 9.38. The third-order valence-corrected chi connectivity index (χ3v) is 9.38. The van der Waals surface area contributed by atoms with Gasteiger partial charge in [-0.3, -0.25) is 0 Å². The first-order chi connectivity index (χ1) is 16.9. The Labute approximate surface area is 215 Å². The Kier molecular flexibility index (Phi) is 16.0. The Hall–Kier alpha value is -0.0800. The van der Waals surface area contributed by atoms with E-state index in [0.717, 1.165) is 11.8 Å². The summed E-state index contributed by atoms with van der Waals surface area (Å²) in [6, 6.07) is 0. The normalized spacial score (nSPS) is 33.9. The summed E-state index contributed by atoms with van der Waals surface area (Å²) in [5, 5.41) is 0. The first-order valence-corrected chi connectivity index (χ1v) is 16.3. The molecular weight excluding hydrogens is 412 g/mol. The molecule has 0 aromatic heterocycles. The quantitative estimate of drug-likeness (QED) is 0.345. The maximum Gasteiger partial charge on any atom is 0.000966 e. The van der Waals surface area contributed by atoms with Crippen molar-refractivity contribution in [2.75, 3.05) is 39.3 Å². The molecule has 3 fully saturated rings. The highest BCUT2D eigenvalue weighted by Crippen LogP contribution is 2.25. The Morgan fingerprint density at radius 2 is 0.529 bits per heavy atom. The molecule has 0 amide bonds. The maximum absolute atomic E-state index is 2.81. The van der Waals surface area contributed by atoms with Crippen molar-refractivity contribution in [3.8, 4) is 0 Å². The van der Waals surface area contributed by atoms with E-state index in [9.17, 15) is 0 Å². The van der Waals surface area contributed by atoms with E-state index in [4.69, 9.17) is 0 Å². The van der Waals surface area contributed by atoms with Gasteiger partial charge in [0.1, 0.15) is 0 Å². The van der Waals surface area contributed by atoms with E-state index in [0.29, 0.717) is 0 Å². The summed E-state index contributed by atoms with van der Waals surface area (Å²) in [6.07, 6.45) is 35.7. The molecule has 2 heteroatoms. The minimum atomic E-state index is 1.01. The molecule has 0 aliphatic carbocycles. The first kappa shape index (κ1) is 28.5. The van der Waals surface area contributed by atoms with Crippen molar-refractivity contribution in [2.45, 2.75) is 154 Å². The van der Waals surface area contributed by atoms with Gasteiger partial charge in [-0.1, -0.05) is 103 Å². The Balaban J connectivity index is 1.30. The zero-order chi connectivity index (χ0) is 23.5. The second-order valence-electron chi connectivity index (χ2n) is 12.6. The van der Waals surface area contributed by atoms with Gasteiger partial charge in [0.15, 0.2) is 0 Å². The van der Waals surface area contributed by atoms with E-state index in [-0.39, 0.29) is 0 Å². The second kappa shape index (κ2) is 19.1. The van der Waals surface area contributed by atoms with Crippen LogP contribution in [0, 0.1) is 11.8 Å². The summed E-state index contributed by atoms with van der Waals surface area (Å²) in [7, 11) is 0. The van der Waals surface area contributed by atoms with Crippen molar-refractivity contribution >= 4 is 0 Å². The highest BCUT2D eigenvalue weighted by atomic mass is 15.1. The average Bonchev–Trinajstić information content (AvgIpc) is 2.86. The molecule has 200 valence electrons. The molecule has 3 heterocycles. The van der Waals surface area contributed by atoms with Crippen LogP contribution in [0.25, 0.3) is 0 Å². The first-order valence-electron chi connectivity index (χ1n) is 16.3. The molecule has 4 bridgehead atoms.